The van der Waals surface area contributed by atoms with Gasteiger partial charge in [0.25, 0.3) is 0 Å². The molecule has 176 valence electrons. The number of fused-ring (bicyclic) bond motifs is 1. The van der Waals surface area contributed by atoms with Crippen LogP contribution in [0.1, 0.15) is 73.5 Å². The minimum Gasteiger partial charge on any atom is -0.360 e. The van der Waals surface area contributed by atoms with Gasteiger partial charge in [0.1, 0.15) is 35.0 Å². The monoisotopic (exact) mass is 467 g/mol. The van der Waals surface area contributed by atoms with Crippen molar-refractivity contribution in [1.29, 1.82) is 0 Å². The summed E-state index contributed by atoms with van der Waals surface area (Å²) in [5.41, 5.74) is 4.87. The Morgan fingerprint density at radius 3 is 2.66 bits per heavy atom. The van der Waals surface area contributed by atoms with Gasteiger partial charge in [0.05, 0.1) is 23.3 Å². The van der Waals surface area contributed by atoms with E-state index in [1.54, 1.807) is 24.7 Å². The second kappa shape index (κ2) is 8.90. The molecule has 0 amide bonds. The summed E-state index contributed by atoms with van der Waals surface area (Å²) in [5, 5.41) is 4.21. The number of ketones is 1. The highest BCUT2D eigenvalue weighted by Gasteiger charge is 2.26. The number of hydrogen-bond donors (Lipinski definition) is 0. The summed E-state index contributed by atoms with van der Waals surface area (Å²) in [4.78, 5) is 39.2. The summed E-state index contributed by atoms with van der Waals surface area (Å²) < 4.78 is 5.59. The predicted molar refractivity (Wildman–Crippen MR) is 130 cm³/mol. The molecule has 9 nitrogen and oxygen atoms in total. The second-order valence-electron chi connectivity index (χ2n) is 9.68. The quantitative estimate of drug-likeness (QED) is 0.375. The fraction of sp³-hybridized carbons (Fsp3) is 0.308. The number of carbonyl (C=O) groups is 1. The van der Waals surface area contributed by atoms with Crippen LogP contribution in [0, 0.1) is 0 Å². The first-order valence-electron chi connectivity index (χ1n) is 11.4. The molecule has 0 saturated heterocycles. The van der Waals surface area contributed by atoms with E-state index in [-0.39, 0.29) is 23.5 Å². The molecule has 5 rings (SSSR count). The normalized spacial score (nSPS) is 13.9. The summed E-state index contributed by atoms with van der Waals surface area (Å²) >= 11 is 0. The molecule has 0 saturated carbocycles. The van der Waals surface area contributed by atoms with E-state index in [2.05, 4.69) is 50.9 Å². The van der Waals surface area contributed by atoms with Crippen LogP contribution in [0.2, 0.25) is 0 Å². The fourth-order valence-corrected chi connectivity index (χ4v) is 3.82. The minimum absolute atomic E-state index is 0.0937. The Labute approximate surface area is 202 Å². The highest BCUT2D eigenvalue weighted by molar-refractivity contribution is 6.04. The highest BCUT2D eigenvalue weighted by atomic mass is 16.5. The molecule has 0 spiro atoms. The maximum atomic E-state index is 12.9. The Kier molecular flexibility index (Phi) is 5.76. The van der Waals surface area contributed by atoms with Crippen molar-refractivity contribution < 1.29 is 9.32 Å². The Morgan fingerprint density at radius 2 is 1.89 bits per heavy atom. The van der Waals surface area contributed by atoms with Gasteiger partial charge in [-0.1, -0.05) is 32.9 Å². The molecule has 0 aromatic carbocycles. The molecule has 0 N–H and O–H groups in total. The number of pyridine rings is 1. The lowest BCUT2D eigenvalue weighted by Gasteiger charge is -2.16. The standard InChI is InChI=1S/C26H25N7O2/c1-15(9-23(34)21-10-17(29-14-30-21)16-5-7-27-8-6-16)24-12-20(33-35-24)18-11-19-22(31-18)13-28-25(32-19)26(2,3)4/h5-8,10,12-15H,9,11H2,1-4H3/t15-/m1/s1. The summed E-state index contributed by atoms with van der Waals surface area (Å²) in [5.74, 6) is 1.14. The molecule has 35 heavy (non-hydrogen) atoms. The first-order chi connectivity index (χ1) is 16.8. The first kappa shape index (κ1) is 22.6. The van der Waals surface area contributed by atoms with Crippen molar-refractivity contribution in [3.63, 3.8) is 0 Å². The fourth-order valence-electron chi connectivity index (χ4n) is 3.82. The summed E-state index contributed by atoms with van der Waals surface area (Å²) in [7, 11) is 0. The zero-order valence-electron chi connectivity index (χ0n) is 20.1. The molecule has 0 bridgehead atoms. The molecule has 4 aromatic heterocycles. The van der Waals surface area contributed by atoms with Crippen LogP contribution in [0.15, 0.2) is 58.7 Å². The van der Waals surface area contributed by atoms with E-state index in [0.717, 1.165) is 28.5 Å². The van der Waals surface area contributed by atoms with Gasteiger partial charge in [0, 0.05) is 48.2 Å². The van der Waals surface area contributed by atoms with Crippen LogP contribution in [0.5, 0.6) is 0 Å². The average molecular weight is 468 g/mol. The van der Waals surface area contributed by atoms with Gasteiger partial charge in [0.15, 0.2) is 5.78 Å². The Hall–Kier alpha value is -4.14. The van der Waals surface area contributed by atoms with Crippen LogP contribution in [0.25, 0.3) is 11.3 Å². The minimum atomic E-state index is -0.181. The van der Waals surface area contributed by atoms with Gasteiger partial charge in [-0.25, -0.2) is 24.9 Å². The van der Waals surface area contributed by atoms with Crippen LogP contribution in [-0.4, -0.2) is 41.6 Å². The SMILES string of the molecule is C[C@H](CC(=O)c1cc(-c2ccncc2)ncn1)c1cc(C2=Nc3cnc(C(C)(C)C)nc3C2)no1. The van der Waals surface area contributed by atoms with E-state index in [1.807, 2.05) is 25.1 Å². The van der Waals surface area contributed by atoms with Crippen molar-refractivity contribution in [1.82, 2.24) is 30.1 Å². The van der Waals surface area contributed by atoms with E-state index in [4.69, 9.17) is 9.51 Å². The van der Waals surface area contributed by atoms with E-state index >= 15 is 0 Å². The molecular weight excluding hydrogens is 442 g/mol. The molecule has 0 fully saturated rings. The van der Waals surface area contributed by atoms with E-state index < -0.39 is 0 Å². The Morgan fingerprint density at radius 1 is 1.09 bits per heavy atom. The average Bonchev–Trinajstić information content (AvgIpc) is 3.51. The number of aliphatic imine (C=N–C) groups is 1. The summed E-state index contributed by atoms with van der Waals surface area (Å²) in [6.45, 7) is 8.18. The number of Topliss-reactive ketones (excluding diaryl/α,β-unsaturated/α-hetero) is 1. The number of carbonyl (C=O) groups excluding carboxylic acids is 1. The highest BCUT2D eigenvalue weighted by Crippen LogP contribution is 2.30. The van der Waals surface area contributed by atoms with Gasteiger partial charge in [-0.15, -0.1) is 0 Å². The van der Waals surface area contributed by atoms with Gasteiger partial charge in [-0.2, -0.15) is 0 Å². The van der Waals surface area contributed by atoms with Crippen LogP contribution >= 0.6 is 0 Å². The van der Waals surface area contributed by atoms with Crippen LogP contribution < -0.4 is 0 Å². The van der Waals surface area contributed by atoms with Crippen molar-refractivity contribution in [2.24, 2.45) is 4.99 Å². The van der Waals surface area contributed by atoms with Crippen molar-refractivity contribution in [3.05, 3.63) is 77.8 Å². The largest absolute Gasteiger partial charge is 0.360 e. The summed E-state index contributed by atoms with van der Waals surface area (Å²) in [6, 6.07) is 7.24. The van der Waals surface area contributed by atoms with Gasteiger partial charge >= 0.3 is 0 Å². The van der Waals surface area contributed by atoms with Crippen molar-refractivity contribution >= 4 is 17.2 Å². The third-order valence-corrected chi connectivity index (χ3v) is 5.84. The zero-order chi connectivity index (χ0) is 24.6. The predicted octanol–water partition coefficient (Wildman–Crippen LogP) is 4.67. The molecule has 0 radical (unpaired) electrons. The van der Waals surface area contributed by atoms with E-state index in [1.165, 1.54) is 6.33 Å². The van der Waals surface area contributed by atoms with Crippen LogP contribution in [-0.2, 0) is 11.8 Å². The van der Waals surface area contributed by atoms with Crippen LogP contribution in [0.4, 0.5) is 5.69 Å². The van der Waals surface area contributed by atoms with Crippen molar-refractivity contribution in [3.8, 4) is 11.3 Å². The van der Waals surface area contributed by atoms with Gasteiger partial charge in [-0.3, -0.25) is 9.78 Å². The van der Waals surface area contributed by atoms with E-state index in [9.17, 15) is 4.79 Å². The lowest BCUT2D eigenvalue weighted by molar-refractivity contribution is 0.0966. The number of rotatable bonds is 6. The molecule has 9 heteroatoms. The zero-order valence-corrected chi connectivity index (χ0v) is 20.1. The Balaban J connectivity index is 1.28. The maximum absolute atomic E-state index is 12.9. The molecule has 1 aliphatic rings. The lowest BCUT2D eigenvalue weighted by atomic mass is 9.95. The van der Waals surface area contributed by atoms with Crippen molar-refractivity contribution in [2.75, 3.05) is 0 Å². The van der Waals surface area contributed by atoms with Crippen molar-refractivity contribution in [2.45, 2.75) is 51.9 Å². The Bertz CT molecular complexity index is 1420. The number of hydrogen-bond acceptors (Lipinski definition) is 9. The molecule has 0 unspecified atom stereocenters. The molecule has 5 heterocycles. The number of nitrogens with zero attached hydrogens (tertiary/aromatic N) is 7. The van der Waals surface area contributed by atoms with Gasteiger partial charge in [0.2, 0.25) is 0 Å². The second-order valence-corrected chi connectivity index (χ2v) is 9.68. The molecular formula is C26H25N7O2. The summed E-state index contributed by atoms with van der Waals surface area (Å²) in [6.07, 6.45) is 7.34. The maximum Gasteiger partial charge on any atom is 0.182 e. The topological polar surface area (TPSA) is 120 Å². The molecule has 0 aliphatic carbocycles. The first-order valence-corrected chi connectivity index (χ1v) is 11.4. The van der Waals surface area contributed by atoms with Gasteiger partial charge in [-0.05, 0) is 18.2 Å². The van der Waals surface area contributed by atoms with E-state index in [0.29, 0.717) is 29.3 Å². The third kappa shape index (κ3) is 4.75. The number of aromatic nitrogens is 6. The molecule has 1 aliphatic heterocycles. The molecule has 4 aromatic rings. The lowest BCUT2D eigenvalue weighted by Crippen LogP contribution is -2.16. The third-order valence-electron chi connectivity index (χ3n) is 5.84. The van der Waals surface area contributed by atoms with Crippen LogP contribution in [0.3, 0.4) is 0 Å². The molecule has 1 atom stereocenters. The van der Waals surface area contributed by atoms with Gasteiger partial charge < -0.3 is 4.52 Å². The smallest absolute Gasteiger partial charge is 0.182 e.